The minimum Gasteiger partial charge on any atom is -0.497 e. The highest BCUT2D eigenvalue weighted by atomic mass is 16.5. The number of carbonyl (C=O) groups excluding carboxylic acids is 1. The van der Waals surface area contributed by atoms with Gasteiger partial charge in [-0.2, -0.15) is 0 Å². The molecule has 1 heterocycles. The van der Waals surface area contributed by atoms with Gasteiger partial charge in [-0.1, -0.05) is 42.5 Å². The van der Waals surface area contributed by atoms with E-state index in [1.165, 1.54) is 0 Å². The third kappa shape index (κ3) is 2.94. The molecular formula is C19H21NO3. The standard InChI is InChI=1S/C19H21NO3/c1-23-17-9-7-15(8-10-17)19(22,14-5-3-2-4-6-14)16-11-12-20-18(21)13-16/h2-10,16,22H,11-13H2,1H3,(H,20,21). The zero-order chi connectivity index (χ0) is 16.3. The van der Waals surface area contributed by atoms with Crippen LogP contribution < -0.4 is 10.1 Å². The SMILES string of the molecule is COc1ccc(C(O)(c2ccccc2)C2CCNC(=O)C2)cc1. The smallest absolute Gasteiger partial charge is 0.220 e. The summed E-state index contributed by atoms with van der Waals surface area (Å²) in [7, 11) is 1.61. The molecule has 0 bridgehead atoms. The largest absolute Gasteiger partial charge is 0.497 e. The first-order chi connectivity index (χ1) is 11.1. The summed E-state index contributed by atoms with van der Waals surface area (Å²) in [6.45, 7) is 0.592. The number of nitrogens with one attached hydrogen (secondary N) is 1. The third-order valence-electron chi connectivity index (χ3n) is 4.58. The highest BCUT2D eigenvalue weighted by Crippen LogP contribution is 2.41. The average Bonchev–Trinajstić information content (AvgIpc) is 2.62. The molecule has 2 unspecified atom stereocenters. The van der Waals surface area contributed by atoms with Gasteiger partial charge < -0.3 is 15.2 Å². The predicted molar refractivity (Wildman–Crippen MR) is 88.2 cm³/mol. The van der Waals surface area contributed by atoms with Crippen LogP contribution in [0.25, 0.3) is 0 Å². The zero-order valence-electron chi connectivity index (χ0n) is 13.2. The van der Waals surface area contributed by atoms with Crippen molar-refractivity contribution in [3.8, 4) is 5.75 Å². The summed E-state index contributed by atoms with van der Waals surface area (Å²) >= 11 is 0. The molecular weight excluding hydrogens is 290 g/mol. The summed E-state index contributed by atoms with van der Waals surface area (Å²) in [6.07, 6.45) is 1.06. The molecule has 1 fully saturated rings. The van der Waals surface area contributed by atoms with Crippen molar-refractivity contribution in [2.75, 3.05) is 13.7 Å². The van der Waals surface area contributed by atoms with E-state index in [0.717, 1.165) is 23.3 Å². The molecule has 2 atom stereocenters. The number of rotatable bonds is 4. The first-order valence-electron chi connectivity index (χ1n) is 7.83. The van der Waals surface area contributed by atoms with Crippen LogP contribution in [0.2, 0.25) is 0 Å². The summed E-state index contributed by atoms with van der Waals surface area (Å²) in [5, 5.41) is 14.5. The van der Waals surface area contributed by atoms with E-state index >= 15 is 0 Å². The van der Waals surface area contributed by atoms with E-state index in [9.17, 15) is 9.90 Å². The van der Waals surface area contributed by atoms with Gasteiger partial charge in [-0.05, 0) is 29.7 Å². The van der Waals surface area contributed by atoms with Gasteiger partial charge in [0.15, 0.2) is 0 Å². The highest BCUT2D eigenvalue weighted by Gasteiger charge is 2.42. The lowest BCUT2D eigenvalue weighted by Crippen LogP contribution is -2.45. The Kier molecular flexibility index (Phi) is 4.35. The molecule has 120 valence electrons. The third-order valence-corrected chi connectivity index (χ3v) is 4.58. The first kappa shape index (κ1) is 15.6. The van der Waals surface area contributed by atoms with E-state index in [1.54, 1.807) is 7.11 Å². The number of carbonyl (C=O) groups is 1. The molecule has 2 aromatic carbocycles. The van der Waals surface area contributed by atoms with Crippen molar-refractivity contribution >= 4 is 5.91 Å². The average molecular weight is 311 g/mol. The van der Waals surface area contributed by atoms with E-state index in [4.69, 9.17) is 4.74 Å². The second-order valence-corrected chi connectivity index (χ2v) is 5.90. The molecule has 1 amide bonds. The minimum absolute atomic E-state index is 0.0101. The van der Waals surface area contributed by atoms with Crippen molar-refractivity contribution < 1.29 is 14.6 Å². The van der Waals surface area contributed by atoms with Crippen molar-refractivity contribution in [2.45, 2.75) is 18.4 Å². The number of aliphatic hydroxyl groups is 1. The first-order valence-corrected chi connectivity index (χ1v) is 7.83. The molecule has 0 aliphatic carbocycles. The number of piperidine rings is 1. The van der Waals surface area contributed by atoms with Crippen molar-refractivity contribution in [3.05, 3.63) is 65.7 Å². The van der Waals surface area contributed by atoms with Gasteiger partial charge in [0.2, 0.25) is 5.91 Å². The second kappa shape index (κ2) is 6.42. The summed E-state index contributed by atoms with van der Waals surface area (Å²) in [5.41, 5.74) is 0.403. The number of amides is 1. The Labute approximate surface area is 136 Å². The van der Waals surface area contributed by atoms with Gasteiger partial charge in [0, 0.05) is 18.9 Å². The van der Waals surface area contributed by atoms with Gasteiger partial charge in [-0.25, -0.2) is 0 Å². The van der Waals surface area contributed by atoms with Crippen LogP contribution in [0.3, 0.4) is 0 Å². The molecule has 23 heavy (non-hydrogen) atoms. The topological polar surface area (TPSA) is 58.6 Å². The zero-order valence-corrected chi connectivity index (χ0v) is 13.2. The Morgan fingerprint density at radius 1 is 1.09 bits per heavy atom. The maximum absolute atomic E-state index is 11.8. The summed E-state index contributed by atoms with van der Waals surface area (Å²) in [4.78, 5) is 11.8. The fourth-order valence-corrected chi connectivity index (χ4v) is 3.32. The van der Waals surface area contributed by atoms with Crippen LogP contribution in [0.1, 0.15) is 24.0 Å². The molecule has 0 saturated carbocycles. The monoisotopic (exact) mass is 311 g/mol. The minimum atomic E-state index is -1.19. The molecule has 4 nitrogen and oxygen atoms in total. The maximum atomic E-state index is 11.8. The molecule has 3 rings (SSSR count). The number of hydrogen-bond acceptors (Lipinski definition) is 3. The lowest BCUT2D eigenvalue weighted by Gasteiger charge is -2.39. The molecule has 4 heteroatoms. The van der Waals surface area contributed by atoms with E-state index in [0.29, 0.717) is 13.0 Å². The van der Waals surface area contributed by atoms with Crippen molar-refractivity contribution in [3.63, 3.8) is 0 Å². The number of ether oxygens (including phenoxy) is 1. The van der Waals surface area contributed by atoms with Crippen molar-refractivity contribution in [1.29, 1.82) is 0 Å². The molecule has 0 radical (unpaired) electrons. The molecule has 1 aliphatic rings. The Hall–Kier alpha value is -2.33. The van der Waals surface area contributed by atoms with Crippen LogP contribution in [0, 0.1) is 5.92 Å². The Balaban J connectivity index is 2.07. The van der Waals surface area contributed by atoms with Crippen LogP contribution >= 0.6 is 0 Å². The highest BCUT2D eigenvalue weighted by molar-refractivity contribution is 5.77. The lowest BCUT2D eigenvalue weighted by molar-refractivity contribution is -0.126. The maximum Gasteiger partial charge on any atom is 0.220 e. The van der Waals surface area contributed by atoms with Crippen LogP contribution in [-0.2, 0) is 10.4 Å². The fraction of sp³-hybridized carbons (Fsp3) is 0.316. The summed E-state index contributed by atoms with van der Waals surface area (Å²) < 4.78 is 5.20. The fourth-order valence-electron chi connectivity index (χ4n) is 3.32. The van der Waals surface area contributed by atoms with Gasteiger partial charge in [0.25, 0.3) is 0 Å². The van der Waals surface area contributed by atoms with Gasteiger partial charge in [0.1, 0.15) is 11.4 Å². The van der Waals surface area contributed by atoms with Crippen LogP contribution in [0.5, 0.6) is 5.75 Å². The van der Waals surface area contributed by atoms with E-state index < -0.39 is 5.60 Å². The van der Waals surface area contributed by atoms with Gasteiger partial charge in [-0.3, -0.25) is 4.79 Å². The number of methoxy groups -OCH3 is 1. The van der Waals surface area contributed by atoms with Gasteiger partial charge >= 0.3 is 0 Å². The second-order valence-electron chi connectivity index (χ2n) is 5.90. The number of hydrogen-bond donors (Lipinski definition) is 2. The Bertz CT molecular complexity index is 669. The van der Waals surface area contributed by atoms with Crippen molar-refractivity contribution in [1.82, 2.24) is 5.32 Å². The molecule has 1 aliphatic heterocycles. The normalized spacial score (nSPS) is 20.4. The van der Waals surface area contributed by atoms with E-state index in [2.05, 4.69) is 5.32 Å². The van der Waals surface area contributed by atoms with Crippen LogP contribution in [0.4, 0.5) is 0 Å². The van der Waals surface area contributed by atoms with E-state index in [1.807, 2.05) is 54.6 Å². The Morgan fingerprint density at radius 2 is 1.74 bits per heavy atom. The van der Waals surface area contributed by atoms with E-state index in [-0.39, 0.29) is 11.8 Å². The lowest BCUT2D eigenvalue weighted by atomic mass is 9.72. The summed E-state index contributed by atoms with van der Waals surface area (Å²) in [6, 6.07) is 17.0. The molecule has 1 saturated heterocycles. The quantitative estimate of drug-likeness (QED) is 0.912. The predicted octanol–water partition coefficient (Wildman–Crippen LogP) is 2.46. The van der Waals surface area contributed by atoms with Crippen LogP contribution in [0.15, 0.2) is 54.6 Å². The van der Waals surface area contributed by atoms with Gasteiger partial charge in [-0.15, -0.1) is 0 Å². The summed E-state index contributed by atoms with van der Waals surface area (Å²) in [5.74, 6) is 0.571. The molecule has 0 spiro atoms. The molecule has 2 N–H and O–H groups in total. The number of benzene rings is 2. The molecule has 0 aromatic heterocycles. The van der Waals surface area contributed by atoms with Gasteiger partial charge in [0.05, 0.1) is 7.11 Å². The molecule has 2 aromatic rings. The van der Waals surface area contributed by atoms with Crippen molar-refractivity contribution in [2.24, 2.45) is 5.92 Å². The van der Waals surface area contributed by atoms with Crippen LogP contribution in [-0.4, -0.2) is 24.7 Å². The Morgan fingerprint density at radius 3 is 2.35 bits per heavy atom.